The molecule has 0 unspecified atom stereocenters. The average molecular weight is 240 g/mol. The minimum absolute atomic E-state index is 0.266. The summed E-state index contributed by atoms with van der Waals surface area (Å²) in [5.74, 6) is -0.219. The molecule has 82 valence electrons. The Balaban J connectivity index is 2.64. The first kappa shape index (κ1) is 9.47. The van der Waals surface area contributed by atoms with Crippen LogP contribution >= 0.6 is 11.6 Å². The monoisotopic (exact) mass is 239 g/mol. The lowest BCUT2D eigenvalue weighted by molar-refractivity contribution is 0.269. The second kappa shape index (κ2) is 3.12. The summed E-state index contributed by atoms with van der Waals surface area (Å²) in [6, 6.07) is 3.05. The number of rotatable bonds is 0. The molecule has 0 N–H and O–H groups in total. The highest BCUT2D eigenvalue weighted by Crippen LogP contribution is 2.29. The third-order valence-corrected chi connectivity index (χ3v) is 2.72. The summed E-state index contributed by atoms with van der Waals surface area (Å²) in [5.41, 5.74) is -0.234. The molecule has 6 heteroatoms. The van der Waals surface area contributed by atoms with Gasteiger partial charge in [-0.15, -0.1) is 0 Å². The third-order valence-electron chi connectivity index (χ3n) is 2.50. The maximum Gasteiger partial charge on any atom is 0.422 e. The Morgan fingerprint density at radius 2 is 2.12 bits per heavy atom. The van der Waals surface area contributed by atoms with Crippen LogP contribution in [0.15, 0.2) is 26.1 Å². The molecule has 0 saturated heterocycles. The van der Waals surface area contributed by atoms with Crippen LogP contribution < -0.4 is 16.1 Å². The number of ether oxygens (including phenoxy) is 1. The van der Waals surface area contributed by atoms with Crippen molar-refractivity contribution in [3.8, 4) is 5.75 Å². The van der Waals surface area contributed by atoms with Crippen molar-refractivity contribution in [1.29, 1.82) is 0 Å². The number of hydrogen-bond acceptors (Lipinski definition) is 4. The molecule has 1 aliphatic heterocycles. The standard InChI is InChI=1S/C10H6ClNO4/c11-5-3-6-8-7(4-5)15-2-1-12(8)10(14)16-9(6)13/h3-4H,1-2H2. The van der Waals surface area contributed by atoms with Crippen LogP contribution in [0.5, 0.6) is 5.75 Å². The molecule has 16 heavy (non-hydrogen) atoms. The van der Waals surface area contributed by atoms with Gasteiger partial charge in [0.2, 0.25) is 0 Å². The Morgan fingerprint density at radius 1 is 1.31 bits per heavy atom. The molecule has 5 nitrogen and oxygen atoms in total. The highest BCUT2D eigenvalue weighted by Gasteiger charge is 2.18. The minimum Gasteiger partial charge on any atom is -0.489 e. The van der Waals surface area contributed by atoms with Gasteiger partial charge in [0.05, 0.1) is 11.9 Å². The lowest BCUT2D eigenvalue weighted by atomic mass is 10.2. The second-order valence-corrected chi connectivity index (χ2v) is 3.89. The van der Waals surface area contributed by atoms with Gasteiger partial charge in [0.1, 0.15) is 17.9 Å². The first-order valence-electron chi connectivity index (χ1n) is 4.67. The smallest absolute Gasteiger partial charge is 0.422 e. The van der Waals surface area contributed by atoms with Crippen LogP contribution in [-0.4, -0.2) is 11.2 Å². The summed E-state index contributed by atoms with van der Waals surface area (Å²) in [6.07, 6.45) is 0. The molecule has 0 amide bonds. The van der Waals surface area contributed by atoms with Crippen molar-refractivity contribution in [3.63, 3.8) is 0 Å². The molecular formula is C10H6ClNO4. The molecule has 0 bridgehead atoms. The Labute approximate surface area is 93.8 Å². The van der Waals surface area contributed by atoms with Crippen LogP contribution in [0.1, 0.15) is 0 Å². The SMILES string of the molecule is O=c1oc(=O)n2c3c(cc(Cl)cc13)OCC2. The van der Waals surface area contributed by atoms with E-state index in [9.17, 15) is 9.59 Å². The fraction of sp³-hybridized carbons (Fsp3) is 0.200. The second-order valence-electron chi connectivity index (χ2n) is 3.46. The van der Waals surface area contributed by atoms with Crippen LogP contribution in [0.3, 0.4) is 0 Å². The van der Waals surface area contributed by atoms with Crippen LogP contribution in [0.25, 0.3) is 10.9 Å². The van der Waals surface area contributed by atoms with Crippen molar-refractivity contribution in [1.82, 2.24) is 4.57 Å². The number of nitrogens with zero attached hydrogens (tertiary/aromatic N) is 1. The molecule has 0 fully saturated rings. The summed E-state index contributed by atoms with van der Waals surface area (Å²) in [7, 11) is 0. The average Bonchev–Trinajstić information content (AvgIpc) is 2.25. The summed E-state index contributed by atoms with van der Waals surface area (Å²) in [5, 5.41) is 0.642. The normalized spacial score (nSPS) is 13.8. The fourth-order valence-electron chi connectivity index (χ4n) is 1.85. The van der Waals surface area contributed by atoms with Gasteiger partial charge in [-0.3, -0.25) is 4.57 Å². The number of benzene rings is 1. The van der Waals surface area contributed by atoms with E-state index in [1.54, 1.807) is 6.07 Å². The van der Waals surface area contributed by atoms with Crippen molar-refractivity contribution in [2.24, 2.45) is 0 Å². The molecule has 0 atom stereocenters. The summed E-state index contributed by atoms with van der Waals surface area (Å²) in [4.78, 5) is 23.0. The zero-order valence-corrected chi connectivity index (χ0v) is 8.78. The van der Waals surface area contributed by atoms with E-state index in [1.807, 2.05) is 0 Å². The van der Waals surface area contributed by atoms with Crippen LogP contribution in [-0.2, 0) is 6.54 Å². The van der Waals surface area contributed by atoms with Gasteiger partial charge in [0.25, 0.3) is 0 Å². The molecule has 0 aliphatic carbocycles. The van der Waals surface area contributed by atoms with Crippen LogP contribution in [0.2, 0.25) is 5.02 Å². The molecular weight excluding hydrogens is 234 g/mol. The molecule has 1 aromatic heterocycles. The molecule has 0 spiro atoms. The molecule has 1 aliphatic rings. The van der Waals surface area contributed by atoms with Crippen molar-refractivity contribution in [3.05, 3.63) is 38.1 Å². The molecule has 1 aromatic carbocycles. The van der Waals surface area contributed by atoms with E-state index >= 15 is 0 Å². The number of hydrogen-bond donors (Lipinski definition) is 0. The summed E-state index contributed by atoms with van der Waals surface area (Å²) < 4.78 is 11.3. The molecule has 2 heterocycles. The van der Waals surface area contributed by atoms with E-state index in [0.29, 0.717) is 29.4 Å². The molecule has 0 saturated carbocycles. The lowest BCUT2D eigenvalue weighted by Gasteiger charge is -2.18. The molecule has 3 rings (SSSR count). The van der Waals surface area contributed by atoms with Gasteiger partial charge in [-0.05, 0) is 6.07 Å². The zero-order valence-electron chi connectivity index (χ0n) is 8.03. The zero-order chi connectivity index (χ0) is 11.3. The van der Waals surface area contributed by atoms with Gasteiger partial charge >= 0.3 is 11.4 Å². The van der Waals surface area contributed by atoms with Gasteiger partial charge in [-0.1, -0.05) is 11.6 Å². The minimum atomic E-state index is -0.689. The van der Waals surface area contributed by atoms with Gasteiger partial charge in [0.15, 0.2) is 0 Å². The Hall–Kier alpha value is -1.75. The topological polar surface area (TPSA) is 61.4 Å². The van der Waals surface area contributed by atoms with Gasteiger partial charge in [0, 0.05) is 11.1 Å². The Bertz CT molecular complexity index is 700. The van der Waals surface area contributed by atoms with E-state index in [1.165, 1.54) is 10.6 Å². The van der Waals surface area contributed by atoms with Crippen molar-refractivity contribution in [2.75, 3.05) is 6.61 Å². The summed E-state index contributed by atoms with van der Waals surface area (Å²) >= 11 is 5.84. The lowest BCUT2D eigenvalue weighted by Crippen LogP contribution is -2.30. The van der Waals surface area contributed by atoms with Crippen molar-refractivity contribution >= 4 is 22.5 Å². The predicted octanol–water partition coefficient (Wildman–Crippen LogP) is 1.00. The van der Waals surface area contributed by atoms with Crippen LogP contribution in [0.4, 0.5) is 0 Å². The quantitative estimate of drug-likeness (QED) is 0.688. The van der Waals surface area contributed by atoms with Crippen molar-refractivity contribution in [2.45, 2.75) is 6.54 Å². The van der Waals surface area contributed by atoms with Crippen LogP contribution in [0, 0.1) is 0 Å². The summed E-state index contributed by atoms with van der Waals surface area (Å²) in [6.45, 7) is 0.726. The first-order valence-corrected chi connectivity index (χ1v) is 5.04. The Morgan fingerprint density at radius 3 is 2.94 bits per heavy atom. The maximum atomic E-state index is 11.5. The van der Waals surface area contributed by atoms with Crippen molar-refractivity contribution < 1.29 is 9.15 Å². The van der Waals surface area contributed by atoms with E-state index in [2.05, 4.69) is 4.42 Å². The molecule has 0 radical (unpaired) electrons. The number of halogens is 1. The van der Waals surface area contributed by atoms with Gasteiger partial charge in [-0.2, -0.15) is 0 Å². The van der Waals surface area contributed by atoms with E-state index < -0.39 is 11.4 Å². The Kier molecular flexibility index (Phi) is 1.85. The third kappa shape index (κ3) is 1.18. The van der Waals surface area contributed by atoms with E-state index in [0.717, 1.165) is 0 Å². The van der Waals surface area contributed by atoms with E-state index in [4.69, 9.17) is 16.3 Å². The van der Waals surface area contributed by atoms with Gasteiger partial charge in [-0.25, -0.2) is 9.59 Å². The first-order chi connectivity index (χ1) is 7.66. The van der Waals surface area contributed by atoms with E-state index in [-0.39, 0.29) is 5.39 Å². The fourth-order valence-corrected chi connectivity index (χ4v) is 2.06. The predicted molar refractivity (Wildman–Crippen MR) is 57.2 cm³/mol. The highest BCUT2D eigenvalue weighted by atomic mass is 35.5. The molecule has 2 aromatic rings. The largest absolute Gasteiger partial charge is 0.489 e. The highest BCUT2D eigenvalue weighted by molar-refractivity contribution is 6.31. The number of aromatic nitrogens is 1. The van der Waals surface area contributed by atoms with Gasteiger partial charge < -0.3 is 9.15 Å². The maximum absolute atomic E-state index is 11.5.